The molecule has 0 aliphatic heterocycles. The molecule has 1 rings (SSSR count). The summed E-state index contributed by atoms with van der Waals surface area (Å²) in [6, 6.07) is 7.45. The van der Waals surface area contributed by atoms with Crippen LogP contribution in [0, 0.1) is 0 Å². The molecule has 106 valence electrons. The lowest BCUT2D eigenvalue weighted by Crippen LogP contribution is -2.20. The van der Waals surface area contributed by atoms with E-state index < -0.39 is 10.8 Å². The third-order valence-electron chi connectivity index (χ3n) is 3.07. The van der Waals surface area contributed by atoms with Gasteiger partial charge < -0.3 is 11.1 Å². The molecule has 2 atom stereocenters. The summed E-state index contributed by atoms with van der Waals surface area (Å²) in [5, 5.41) is 2.96. The first-order valence-electron chi connectivity index (χ1n) is 6.53. The van der Waals surface area contributed by atoms with E-state index in [2.05, 4.69) is 5.32 Å². The minimum absolute atomic E-state index is 0.113. The fourth-order valence-corrected chi connectivity index (χ4v) is 2.77. The summed E-state index contributed by atoms with van der Waals surface area (Å²) < 4.78 is 11.8. The van der Waals surface area contributed by atoms with Gasteiger partial charge in [-0.3, -0.25) is 9.00 Å². The molecule has 0 saturated heterocycles. The van der Waals surface area contributed by atoms with Crippen molar-refractivity contribution in [2.24, 2.45) is 5.73 Å². The Morgan fingerprint density at radius 2 is 2.11 bits per heavy atom. The Morgan fingerprint density at radius 1 is 1.42 bits per heavy atom. The zero-order valence-corrected chi connectivity index (χ0v) is 12.3. The molecule has 1 amide bonds. The molecule has 1 aromatic carbocycles. The molecule has 0 saturated carbocycles. The molecule has 2 unspecified atom stereocenters. The molecular weight excluding hydrogens is 260 g/mol. The third-order valence-corrected chi connectivity index (χ3v) is 4.90. The highest BCUT2D eigenvalue weighted by Crippen LogP contribution is 2.14. The second-order valence-electron chi connectivity index (χ2n) is 4.46. The standard InChI is InChI=1S/C14H22N2O2S/c1-3-11(2)19(18)9-8-14(17)16-13-7-5-4-6-12(13)10-15/h4-7,11H,3,8-10,15H2,1-2H3,(H,16,17). The van der Waals surface area contributed by atoms with Gasteiger partial charge in [0.2, 0.25) is 5.91 Å². The van der Waals surface area contributed by atoms with E-state index in [1.807, 2.05) is 38.1 Å². The summed E-state index contributed by atoms with van der Waals surface area (Å²) in [4.78, 5) is 11.8. The molecule has 0 bridgehead atoms. The van der Waals surface area contributed by atoms with Crippen LogP contribution in [0.1, 0.15) is 32.3 Å². The molecule has 1 aromatic rings. The van der Waals surface area contributed by atoms with Crippen LogP contribution in [0.4, 0.5) is 5.69 Å². The Hall–Kier alpha value is -1.20. The maximum absolute atomic E-state index is 11.8. The molecule has 0 aliphatic rings. The van der Waals surface area contributed by atoms with Crippen molar-refractivity contribution in [2.45, 2.75) is 38.5 Å². The van der Waals surface area contributed by atoms with E-state index in [0.717, 1.165) is 17.7 Å². The van der Waals surface area contributed by atoms with Gasteiger partial charge in [0.05, 0.1) is 0 Å². The fourth-order valence-electron chi connectivity index (χ4n) is 1.61. The van der Waals surface area contributed by atoms with Crippen LogP contribution >= 0.6 is 0 Å². The fraction of sp³-hybridized carbons (Fsp3) is 0.500. The molecule has 0 aromatic heterocycles. The maximum Gasteiger partial charge on any atom is 0.225 e. The number of carbonyl (C=O) groups is 1. The summed E-state index contributed by atoms with van der Waals surface area (Å²) in [6.45, 7) is 4.33. The quantitative estimate of drug-likeness (QED) is 0.803. The Bertz CT molecular complexity index is 449. The Labute approximate surface area is 117 Å². The highest BCUT2D eigenvalue weighted by Gasteiger charge is 2.12. The molecule has 0 radical (unpaired) electrons. The van der Waals surface area contributed by atoms with Crippen molar-refractivity contribution in [1.29, 1.82) is 0 Å². The molecule has 0 heterocycles. The van der Waals surface area contributed by atoms with Crippen LogP contribution in [-0.4, -0.2) is 21.1 Å². The molecule has 4 nitrogen and oxygen atoms in total. The van der Waals surface area contributed by atoms with Crippen LogP contribution in [0.5, 0.6) is 0 Å². The van der Waals surface area contributed by atoms with Crippen molar-refractivity contribution in [3.63, 3.8) is 0 Å². The molecular formula is C14H22N2O2S. The Kier molecular flexibility index (Phi) is 6.73. The molecule has 0 aliphatic carbocycles. The van der Waals surface area contributed by atoms with Crippen molar-refractivity contribution >= 4 is 22.4 Å². The van der Waals surface area contributed by atoms with Crippen LogP contribution in [-0.2, 0) is 22.1 Å². The van der Waals surface area contributed by atoms with Crippen LogP contribution in [0.25, 0.3) is 0 Å². The number of para-hydroxylation sites is 1. The normalized spacial score (nSPS) is 13.8. The predicted octanol–water partition coefficient (Wildman–Crippen LogP) is 2.02. The van der Waals surface area contributed by atoms with Gasteiger partial charge in [0.25, 0.3) is 0 Å². The third kappa shape index (κ3) is 5.12. The first-order chi connectivity index (χ1) is 9.08. The largest absolute Gasteiger partial charge is 0.326 e. The number of anilines is 1. The van der Waals surface area contributed by atoms with Crippen LogP contribution in [0.2, 0.25) is 0 Å². The van der Waals surface area contributed by atoms with Crippen molar-refractivity contribution in [3.8, 4) is 0 Å². The van der Waals surface area contributed by atoms with Gasteiger partial charge in [0.15, 0.2) is 0 Å². The van der Waals surface area contributed by atoms with Crippen molar-refractivity contribution in [2.75, 3.05) is 11.1 Å². The zero-order chi connectivity index (χ0) is 14.3. The minimum Gasteiger partial charge on any atom is -0.326 e. The number of hydrogen-bond acceptors (Lipinski definition) is 3. The van der Waals surface area contributed by atoms with Crippen molar-refractivity contribution in [1.82, 2.24) is 0 Å². The molecule has 0 spiro atoms. The monoisotopic (exact) mass is 282 g/mol. The number of nitrogens with two attached hydrogens (primary N) is 1. The number of nitrogens with one attached hydrogen (secondary N) is 1. The zero-order valence-electron chi connectivity index (χ0n) is 11.5. The van der Waals surface area contributed by atoms with Gasteiger partial charge >= 0.3 is 0 Å². The average molecular weight is 282 g/mol. The van der Waals surface area contributed by atoms with Crippen LogP contribution in [0.15, 0.2) is 24.3 Å². The summed E-state index contributed by atoms with van der Waals surface area (Å²) in [7, 11) is -0.936. The smallest absolute Gasteiger partial charge is 0.225 e. The summed E-state index contributed by atoms with van der Waals surface area (Å²) in [5.74, 6) is 0.295. The van der Waals surface area contributed by atoms with E-state index in [0.29, 0.717) is 12.3 Å². The van der Waals surface area contributed by atoms with Gasteiger partial charge in [-0.05, 0) is 18.1 Å². The number of benzene rings is 1. The predicted molar refractivity (Wildman–Crippen MR) is 80.3 cm³/mol. The van der Waals surface area contributed by atoms with E-state index in [-0.39, 0.29) is 17.6 Å². The van der Waals surface area contributed by atoms with E-state index in [9.17, 15) is 9.00 Å². The molecule has 5 heteroatoms. The van der Waals surface area contributed by atoms with E-state index in [4.69, 9.17) is 5.73 Å². The van der Waals surface area contributed by atoms with Gasteiger partial charge in [0, 0.05) is 40.5 Å². The lowest BCUT2D eigenvalue weighted by Gasteiger charge is -2.11. The second-order valence-corrected chi connectivity index (χ2v) is 6.44. The number of rotatable bonds is 7. The van der Waals surface area contributed by atoms with E-state index >= 15 is 0 Å². The van der Waals surface area contributed by atoms with E-state index in [1.165, 1.54) is 0 Å². The second kappa shape index (κ2) is 8.07. The highest BCUT2D eigenvalue weighted by molar-refractivity contribution is 7.85. The Balaban J connectivity index is 2.49. The number of amides is 1. The molecule has 19 heavy (non-hydrogen) atoms. The molecule has 3 N–H and O–H groups in total. The van der Waals surface area contributed by atoms with Crippen molar-refractivity contribution < 1.29 is 9.00 Å². The lowest BCUT2D eigenvalue weighted by molar-refractivity contribution is -0.115. The Morgan fingerprint density at radius 3 is 2.74 bits per heavy atom. The van der Waals surface area contributed by atoms with Gasteiger partial charge in [-0.2, -0.15) is 0 Å². The van der Waals surface area contributed by atoms with Crippen LogP contribution < -0.4 is 11.1 Å². The van der Waals surface area contributed by atoms with Crippen LogP contribution in [0.3, 0.4) is 0 Å². The number of carbonyl (C=O) groups excluding carboxylic acids is 1. The number of hydrogen-bond donors (Lipinski definition) is 2. The minimum atomic E-state index is -0.936. The van der Waals surface area contributed by atoms with E-state index in [1.54, 1.807) is 0 Å². The first-order valence-corrected chi connectivity index (χ1v) is 7.91. The summed E-state index contributed by atoms with van der Waals surface area (Å²) in [6.07, 6.45) is 1.14. The summed E-state index contributed by atoms with van der Waals surface area (Å²) >= 11 is 0. The van der Waals surface area contributed by atoms with Gasteiger partial charge in [-0.1, -0.05) is 32.0 Å². The topological polar surface area (TPSA) is 72.2 Å². The molecule has 0 fully saturated rings. The van der Waals surface area contributed by atoms with Gasteiger partial charge in [-0.25, -0.2) is 0 Å². The van der Waals surface area contributed by atoms with Crippen molar-refractivity contribution in [3.05, 3.63) is 29.8 Å². The SMILES string of the molecule is CCC(C)S(=O)CCC(=O)Nc1ccccc1CN. The maximum atomic E-state index is 11.8. The first kappa shape index (κ1) is 15.9. The van der Waals surface area contributed by atoms with Gasteiger partial charge in [0.1, 0.15) is 0 Å². The van der Waals surface area contributed by atoms with Gasteiger partial charge in [-0.15, -0.1) is 0 Å². The summed E-state index contributed by atoms with van der Waals surface area (Å²) in [5.41, 5.74) is 7.25. The highest BCUT2D eigenvalue weighted by atomic mass is 32.2. The average Bonchev–Trinajstić information content (AvgIpc) is 2.44. The lowest BCUT2D eigenvalue weighted by atomic mass is 10.2.